The lowest BCUT2D eigenvalue weighted by atomic mass is 9.97. The molecule has 6 atom stereocenters. The summed E-state index contributed by atoms with van der Waals surface area (Å²) < 4.78 is 0. The minimum atomic E-state index is -1.48. The maximum Gasteiger partial charge on any atom is 0.305 e. The zero-order valence-electron chi connectivity index (χ0n) is 33.8. The van der Waals surface area contributed by atoms with Gasteiger partial charge >= 0.3 is 5.97 Å². The Morgan fingerprint density at radius 3 is 2.16 bits per heavy atom. The second-order valence-corrected chi connectivity index (χ2v) is 16.0. The van der Waals surface area contributed by atoms with Crippen LogP contribution in [-0.2, 0) is 35.3 Å². The van der Waals surface area contributed by atoms with E-state index in [2.05, 4.69) is 31.6 Å². The normalized spacial score (nSPS) is 17.0. The van der Waals surface area contributed by atoms with Crippen LogP contribution < -0.4 is 32.3 Å². The summed E-state index contributed by atoms with van der Waals surface area (Å²) in [6, 6.07) is 3.48. The Morgan fingerprint density at radius 2 is 1.58 bits per heavy atom. The molecule has 1 saturated heterocycles. The maximum atomic E-state index is 14.0. The highest BCUT2D eigenvalue weighted by molar-refractivity contribution is 5.99. The van der Waals surface area contributed by atoms with Crippen LogP contribution in [0.4, 0.5) is 0 Å². The number of nitrogens with zero attached hydrogens (tertiary/aromatic N) is 2. The number of carbonyl (C=O) groups is 7. The van der Waals surface area contributed by atoms with Gasteiger partial charge < -0.3 is 42.5 Å². The predicted octanol–water partition coefficient (Wildman–Crippen LogP) is 0.977. The minimum absolute atomic E-state index is 0.0210. The van der Waals surface area contributed by atoms with Gasteiger partial charge in [-0.25, -0.2) is 0 Å². The molecule has 6 amide bonds. The molecule has 17 heteroatoms. The summed E-state index contributed by atoms with van der Waals surface area (Å²) >= 11 is 0. The number of likely N-dealkylation sites (tertiary alicyclic amines) is 1. The second kappa shape index (κ2) is 20.7. The highest BCUT2D eigenvalue weighted by Gasteiger charge is 2.42. The van der Waals surface area contributed by atoms with Gasteiger partial charge in [0.2, 0.25) is 29.5 Å². The number of amides is 6. The second-order valence-electron chi connectivity index (χ2n) is 16.0. The zero-order chi connectivity index (χ0) is 42.6. The first kappa shape index (κ1) is 46.0. The minimum Gasteiger partial charge on any atom is -0.481 e. The van der Waals surface area contributed by atoms with Crippen molar-refractivity contribution in [3.63, 3.8) is 0 Å². The van der Waals surface area contributed by atoms with Crippen LogP contribution in [0.15, 0.2) is 42.7 Å². The molecule has 17 nitrogen and oxygen atoms in total. The maximum absolute atomic E-state index is 14.0. The Balaban J connectivity index is 1.90. The summed E-state index contributed by atoms with van der Waals surface area (Å²) in [5.41, 5.74) is 6.91. The Hall–Kier alpha value is -5.42. The van der Waals surface area contributed by atoms with Crippen molar-refractivity contribution in [2.75, 3.05) is 6.54 Å². The number of benzene rings is 1. The van der Waals surface area contributed by atoms with Gasteiger partial charge in [0.05, 0.1) is 31.0 Å². The molecule has 0 unspecified atom stereocenters. The van der Waals surface area contributed by atoms with Gasteiger partial charge in [0.25, 0.3) is 5.91 Å². The molecule has 0 radical (unpaired) electrons. The molecule has 3 rings (SSSR count). The van der Waals surface area contributed by atoms with Crippen molar-refractivity contribution in [2.24, 2.45) is 11.7 Å². The van der Waals surface area contributed by atoms with Crippen LogP contribution in [0, 0.1) is 5.92 Å². The number of aliphatic hydroxyl groups is 1. The van der Waals surface area contributed by atoms with Gasteiger partial charge in [0.1, 0.15) is 18.1 Å². The van der Waals surface area contributed by atoms with Gasteiger partial charge in [0, 0.05) is 30.0 Å². The summed E-state index contributed by atoms with van der Waals surface area (Å²) in [4.78, 5) is 96.3. The largest absolute Gasteiger partial charge is 0.481 e. The van der Waals surface area contributed by atoms with Crippen LogP contribution in [0.25, 0.3) is 11.1 Å². The molecule has 1 aromatic carbocycles. The van der Waals surface area contributed by atoms with Crippen LogP contribution >= 0.6 is 0 Å². The van der Waals surface area contributed by atoms with E-state index in [9.17, 15) is 38.7 Å². The van der Waals surface area contributed by atoms with E-state index in [0.717, 1.165) is 5.56 Å². The number of pyridine rings is 1. The number of aliphatic carboxylic acids is 1. The van der Waals surface area contributed by atoms with Crippen LogP contribution in [0.2, 0.25) is 0 Å². The molecule has 9 N–H and O–H groups in total. The van der Waals surface area contributed by atoms with Crippen molar-refractivity contribution in [3.05, 3.63) is 53.9 Å². The molecule has 0 saturated carbocycles. The van der Waals surface area contributed by atoms with Crippen molar-refractivity contribution in [1.82, 2.24) is 36.5 Å². The quantitative estimate of drug-likeness (QED) is 0.0994. The van der Waals surface area contributed by atoms with Gasteiger partial charge in [-0.15, -0.1) is 0 Å². The summed E-state index contributed by atoms with van der Waals surface area (Å²) in [5, 5.41) is 32.7. The van der Waals surface area contributed by atoms with E-state index < -0.39 is 77.9 Å². The average Bonchev–Trinajstić information content (AvgIpc) is 3.58. The molecule has 2 aromatic rings. The molecule has 0 bridgehead atoms. The number of rotatable bonds is 19. The third-order valence-electron chi connectivity index (χ3n) is 9.24. The number of aliphatic hydroxyl groups excluding tert-OH is 1. The molecule has 1 fully saturated rings. The van der Waals surface area contributed by atoms with Crippen LogP contribution in [0.5, 0.6) is 0 Å². The van der Waals surface area contributed by atoms with Gasteiger partial charge in [0.15, 0.2) is 0 Å². The first-order valence-corrected chi connectivity index (χ1v) is 19.1. The number of carbonyl (C=O) groups excluding carboxylic acids is 6. The monoisotopic (exact) mass is 794 g/mol. The van der Waals surface area contributed by atoms with Crippen LogP contribution in [-0.4, -0.2) is 110 Å². The highest BCUT2D eigenvalue weighted by atomic mass is 16.4. The van der Waals surface area contributed by atoms with Crippen molar-refractivity contribution in [2.45, 2.75) is 129 Å². The fourth-order valence-electron chi connectivity index (χ4n) is 6.78. The van der Waals surface area contributed by atoms with Crippen molar-refractivity contribution < 1.29 is 43.8 Å². The van der Waals surface area contributed by atoms with Crippen LogP contribution in [0.3, 0.4) is 0 Å². The topological polar surface area (TPSA) is 262 Å². The number of hydrogen-bond acceptors (Lipinski definition) is 10. The van der Waals surface area contributed by atoms with E-state index in [1.807, 2.05) is 34.6 Å². The third kappa shape index (κ3) is 14.2. The van der Waals surface area contributed by atoms with E-state index in [0.29, 0.717) is 30.5 Å². The number of carboxylic acid groups (broad SMARTS) is 1. The Morgan fingerprint density at radius 1 is 0.912 bits per heavy atom. The molecule has 1 aliphatic rings. The number of primary amides is 1. The SMILES string of the molecule is CC(C)C[C@H](NC(=O)c1ccc(-c2ccncc2)c(CNC(=O)[C@@H]2CCCN2[C@H](C(=O)NC(C)(C)C)[C@H](C)NC(=O)C[C@@H](C)O)c1)C(=O)N[C@@H](CC(=O)O)C(N)=O. The molecule has 0 spiro atoms. The lowest BCUT2D eigenvalue weighted by Gasteiger charge is -2.37. The molecular weight excluding hydrogens is 736 g/mol. The lowest BCUT2D eigenvalue weighted by Crippen LogP contribution is -2.62. The summed E-state index contributed by atoms with van der Waals surface area (Å²) in [6.45, 7) is 12.8. The Labute approximate surface area is 333 Å². The molecule has 1 aromatic heterocycles. The highest BCUT2D eigenvalue weighted by Crippen LogP contribution is 2.27. The number of aromatic nitrogens is 1. The number of hydrogen-bond donors (Lipinski definition) is 8. The molecular formula is C40H58N8O9. The van der Waals surface area contributed by atoms with E-state index in [-0.39, 0.29) is 42.7 Å². The average molecular weight is 795 g/mol. The van der Waals surface area contributed by atoms with E-state index in [4.69, 9.17) is 10.8 Å². The third-order valence-corrected chi connectivity index (χ3v) is 9.24. The van der Waals surface area contributed by atoms with Gasteiger partial charge in [-0.3, -0.25) is 43.4 Å². The Kier molecular flexibility index (Phi) is 16.7. The number of carboxylic acids is 1. The molecule has 312 valence electrons. The fraction of sp³-hybridized carbons (Fsp3) is 0.550. The van der Waals surface area contributed by atoms with Gasteiger partial charge in [-0.1, -0.05) is 19.9 Å². The number of nitrogens with two attached hydrogens (primary N) is 1. The smallest absolute Gasteiger partial charge is 0.305 e. The van der Waals surface area contributed by atoms with Crippen LogP contribution in [0.1, 0.15) is 96.5 Å². The van der Waals surface area contributed by atoms with Crippen molar-refractivity contribution in [1.29, 1.82) is 0 Å². The summed E-state index contributed by atoms with van der Waals surface area (Å²) in [5.74, 6) is -4.99. The lowest BCUT2D eigenvalue weighted by molar-refractivity contribution is -0.140. The Bertz CT molecular complexity index is 1760. The first-order chi connectivity index (χ1) is 26.7. The van der Waals surface area contributed by atoms with E-state index in [1.165, 1.54) is 6.92 Å². The van der Waals surface area contributed by atoms with E-state index >= 15 is 0 Å². The summed E-state index contributed by atoms with van der Waals surface area (Å²) in [6.07, 6.45) is 2.70. The summed E-state index contributed by atoms with van der Waals surface area (Å²) in [7, 11) is 0. The predicted molar refractivity (Wildman–Crippen MR) is 211 cm³/mol. The van der Waals surface area contributed by atoms with Gasteiger partial charge in [-0.05, 0) is 107 Å². The molecule has 0 aliphatic carbocycles. The van der Waals surface area contributed by atoms with Crippen molar-refractivity contribution >= 4 is 41.4 Å². The first-order valence-electron chi connectivity index (χ1n) is 19.1. The standard InChI is InChI=1S/C40H58N8O9/c1-22(2)17-30(37(55)45-29(35(41)53)20-33(51)52)46-36(54)26-10-11-28(25-12-14-42-15-13-25)27(19-26)21-43-38(56)31-9-8-16-48(31)34(39(57)47-40(5,6)7)24(4)44-32(50)18-23(3)49/h10-15,19,22-24,29-31,34,49H,8-9,16-18,20-21H2,1-7H3,(H2,41,53)(H,43,56)(H,44,50)(H,45,55)(H,46,54)(H,47,57)(H,51,52)/t23-,24+,29+,30+,31+,34+/m1/s1. The molecule has 57 heavy (non-hydrogen) atoms. The zero-order valence-corrected chi connectivity index (χ0v) is 33.8. The fourth-order valence-corrected chi connectivity index (χ4v) is 6.78. The molecule has 2 heterocycles. The van der Waals surface area contributed by atoms with Crippen molar-refractivity contribution in [3.8, 4) is 11.1 Å². The van der Waals surface area contributed by atoms with Gasteiger partial charge in [-0.2, -0.15) is 0 Å². The molecule has 1 aliphatic heterocycles. The number of nitrogens with one attached hydrogen (secondary N) is 5. The van der Waals surface area contributed by atoms with E-state index in [1.54, 1.807) is 54.5 Å².